The van der Waals surface area contributed by atoms with Gasteiger partial charge in [0, 0.05) is 48.1 Å². The number of nitrogens with one attached hydrogen (secondary N) is 1. The lowest BCUT2D eigenvalue weighted by molar-refractivity contribution is 0.0965. The number of hydrogen-bond acceptors (Lipinski definition) is 5. The van der Waals surface area contributed by atoms with Crippen molar-refractivity contribution in [1.82, 2.24) is 10.3 Å². The summed E-state index contributed by atoms with van der Waals surface area (Å²) in [6.07, 6.45) is 14.4. The topological polar surface area (TPSA) is 93.5 Å². The Bertz CT molecular complexity index is 1280. The summed E-state index contributed by atoms with van der Waals surface area (Å²) in [6.45, 7) is 7.22. The first kappa shape index (κ1) is 25.7. The summed E-state index contributed by atoms with van der Waals surface area (Å²) in [7, 11) is 1.73. The zero-order valence-electron chi connectivity index (χ0n) is 21.9. The van der Waals surface area contributed by atoms with E-state index in [1.165, 1.54) is 38.5 Å². The van der Waals surface area contributed by atoms with E-state index in [1.807, 2.05) is 37.3 Å². The average molecular weight is 487 g/mol. The summed E-state index contributed by atoms with van der Waals surface area (Å²) in [5, 5.41) is 3.71. The molecule has 1 aliphatic carbocycles. The Hall–Kier alpha value is -3.41. The Labute approximate surface area is 214 Å². The molecule has 0 spiro atoms. The van der Waals surface area contributed by atoms with Gasteiger partial charge in [0.15, 0.2) is 11.4 Å². The van der Waals surface area contributed by atoms with Gasteiger partial charge in [-0.05, 0) is 48.1 Å². The van der Waals surface area contributed by atoms with E-state index in [0.717, 1.165) is 39.5 Å². The van der Waals surface area contributed by atoms with E-state index in [9.17, 15) is 4.79 Å². The van der Waals surface area contributed by atoms with Crippen LogP contribution in [-0.4, -0.2) is 24.2 Å². The molecule has 1 aromatic carbocycles. The average Bonchev–Trinajstić information content (AvgIpc) is 3.53. The van der Waals surface area contributed by atoms with Gasteiger partial charge in [0.1, 0.15) is 5.76 Å². The van der Waals surface area contributed by atoms with Crippen molar-refractivity contribution < 1.29 is 9.21 Å². The van der Waals surface area contributed by atoms with Crippen LogP contribution in [0.4, 0.5) is 5.82 Å². The Kier molecular flexibility index (Phi) is 8.24. The van der Waals surface area contributed by atoms with Crippen molar-refractivity contribution in [1.29, 1.82) is 0 Å². The van der Waals surface area contributed by atoms with Crippen molar-refractivity contribution in [2.24, 2.45) is 16.8 Å². The molecule has 1 aliphatic heterocycles. The molecule has 3 N–H and O–H groups in total. The minimum absolute atomic E-state index is 0.0385. The SMILES string of the molecule is C/C=C(\C=NC)c1cnc(N)c2oc(-c3ccc4c(c3)CNC4=O)cc12.CCC(C)C1CCCCC1. The molecule has 3 heterocycles. The van der Waals surface area contributed by atoms with Gasteiger partial charge in [0.05, 0.1) is 0 Å². The number of rotatable bonds is 5. The summed E-state index contributed by atoms with van der Waals surface area (Å²) in [5.74, 6) is 3.05. The van der Waals surface area contributed by atoms with Gasteiger partial charge in [-0.3, -0.25) is 9.79 Å². The summed E-state index contributed by atoms with van der Waals surface area (Å²) in [6, 6.07) is 7.64. The maximum Gasteiger partial charge on any atom is 0.251 e. The van der Waals surface area contributed by atoms with Crippen molar-refractivity contribution in [3.8, 4) is 11.3 Å². The molecule has 0 radical (unpaired) electrons. The Morgan fingerprint density at radius 2 is 2.06 bits per heavy atom. The number of furan rings is 1. The predicted octanol–water partition coefficient (Wildman–Crippen LogP) is 7.04. The highest BCUT2D eigenvalue weighted by Gasteiger charge is 2.21. The molecule has 5 rings (SSSR count). The van der Waals surface area contributed by atoms with E-state index in [-0.39, 0.29) is 5.91 Å². The first-order chi connectivity index (χ1) is 17.5. The largest absolute Gasteiger partial charge is 0.452 e. The van der Waals surface area contributed by atoms with E-state index in [0.29, 0.717) is 29.3 Å². The van der Waals surface area contributed by atoms with Gasteiger partial charge >= 0.3 is 0 Å². The molecule has 36 heavy (non-hydrogen) atoms. The number of nitrogens with zero attached hydrogens (tertiary/aromatic N) is 2. The predicted molar refractivity (Wildman–Crippen MR) is 149 cm³/mol. The molecule has 0 saturated heterocycles. The molecule has 3 aromatic rings. The second kappa shape index (κ2) is 11.5. The summed E-state index contributed by atoms with van der Waals surface area (Å²) < 4.78 is 6.02. The van der Waals surface area contributed by atoms with Crippen LogP contribution in [0.5, 0.6) is 0 Å². The minimum atomic E-state index is -0.0385. The molecule has 6 heteroatoms. The second-order valence-corrected chi connectivity index (χ2v) is 9.88. The second-order valence-electron chi connectivity index (χ2n) is 9.88. The fourth-order valence-corrected chi connectivity index (χ4v) is 5.28. The molecule has 190 valence electrons. The third-order valence-electron chi connectivity index (χ3n) is 7.65. The number of allylic oxidation sites excluding steroid dienone is 2. The molecule has 1 fully saturated rings. The molecular formula is C30H38N4O2. The number of aromatic nitrogens is 1. The van der Waals surface area contributed by atoms with Crippen molar-refractivity contribution in [2.75, 3.05) is 12.8 Å². The third-order valence-corrected chi connectivity index (χ3v) is 7.65. The normalized spacial score (nSPS) is 17.1. The number of nitrogen functional groups attached to an aromatic ring is 1. The van der Waals surface area contributed by atoms with Crippen LogP contribution in [0.25, 0.3) is 27.9 Å². The number of carbonyl (C=O) groups excluding carboxylic acids is 1. The zero-order valence-corrected chi connectivity index (χ0v) is 21.9. The lowest BCUT2D eigenvalue weighted by Crippen LogP contribution is -2.14. The highest BCUT2D eigenvalue weighted by atomic mass is 16.3. The fraction of sp³-hybridized carbons (Fsp3) is 0.433. The lowest BCUT2D eigenvalue weighted by atomic mass is 9.80. The Morgan fingerprint density at radius 3 is 2.75 bits per heavy atom. The van der Waals surface area contributed by atoms with Crippen LogP contribution in [0, 0.1) is 11.8 Å². The van der Waals surface area contributed by atoms with Gasteiger partial charge in [0.2, 0.25) is 0 Å². The van der Waals surface area contributed by atoms with Crippen LogP contribution in [0.15, 0.2) is 45.9 Å². The third kappa shape index (κ3) is 5.38. The van der Waals surface area contributed by atoms with E-state index >= 15 is 0 Å². The molecule has 2 aliphatic rings. The zero-order chi connectivity index (χ0) is 25.7. The number of amides is 1. The summed E-state index contributed by atoms with van der Waals surface area (Å²) in [4.78, 5) is 20.1. The van der Waals surface area contributed by atoms with Gasteiger partial charge in [-0.1, -0.05) is 64.5 Å². The fourth-order valence-electron chi connectivity index (χ4n) is 5.28. The molecule has 1 amide bonds. The van der Waals surface area contributed by atoms with E-state index < -0.39 is 0 Å². The van der Waals surface area contributed by atoms with Crippen LogP contribution >= 0.6 is 0 Å². The Balaban J connectivity index is 0.000000256. The standard InChI is InChI=1S/C20H18N4O2.C10H20/c1-3-11(8-22-2)16-10-23-19(21)18-15(16)7-17(26-18)12-4-5-14-13(6-12)9-24-20(14)25;1-3-9(2)10-7-5-4-6-8-10/h3-8,10H,9H2,1-2H3,(H2,21,23)(H,24,25);9-10H,3-8H2,1-2H3/b11-3+,22-8?;. The van der Waals surface area contributed by atoms with E-state index in [1.54, 1.807) is 19.5 Å². The first-order valence-electron chi connectivity index (χ1n) is 13.1. The van der Waals surface area contributed by atoms with Gasteiger partial charge in [-0.2, -0.15) is 0 Å². The van der Waals surface area contributed by atoms with Crippen molar-refractivity contribution in [2.45, 2.75) is 65.8 Å². The highest BCUT2D eigenvalue weighted by molar-refractivity contribution is 6.15. The van der Waals surface area contributed by atoms with Crippen LogP contribution in [0.2, 0.25) is 0 Å². The monoisotopic (exact) mass is 486 g/mol. The first-order valence-corrected chi connectivity index (χ1v) is 13.1. The highest BCUT2D eigenvalue weighted by Crippen LogP contribution is 2.35. The number of anilines is 1. The number of hydrogen-bond donors (Lipinski definition) is 2. The van der Waals surface area contributed by atoms with Crippen LogP contribution in [0.1, 0.15) is 80.8 Å². The minimum Gasteiger partial charge on any atom is -0.452 e. The number of nitrogens with two attached hydrogens (primary N) is 1. The summed E-state index contributed by atoms with van der Waals surface area (Å²) >= 11 is 0. The van der Waals surface area contributed by atoms with Crippen molar-refractivity contribution in [3.05, 3.63) is 53.2 Å². The maximum absolute atomic E-state index is 11.7. The van der Waals surface area contributed by atoms with Crippen molar-refractivity contribution >= 4 is 34.5 Å². The van der Waals surface area contributed by atoms with Crippen LogP contribution in [0.3, 0.4) is 0 Å². The van der Waals surface area contributed by atoms with Gasteiger partial charge in [0.25, 0.3) is 5.91 Å². The van der Waals surface area contributed by atoms with Crippen LogP contribution < -0.4 is 11.1 Å². The maximum atomic E-state index is 11.7. The molecule has 1 atom stereocenters. The van der Waals surface area contributed by atoms with E-state index in [2.05, 4.69) is 29.1 Å². The molecular weight excluding hydrogens is 448 g/mol. The Morgan fingerprint density at radius 1 is 1.28 bits per heavy atom. The molecule has 2 aromatic heterocycles. The van der Waals surface area contributed by atoms with Gasteiger partial charge in [-0.25, -0.2) is 4.98 Å². The number of pyridine rings is 1. The lowest BCUT2D eigenvalue weighted by Gasteiger charge is -2.26. The molecule has 1 saturated carbocycles. The molecule has 6 nitrogen and oxygen atoms in total. The number of carbonyl (C=O) groups is 1. The van der Waals surface area contributed by atoms with E-state index in [4.69, 9.17) is 10.2 Å². The molecule has 1 unspecified atom stereocenters. The number of benzene rings is 1. The quantitative estimate of drug-likeness (QED) is 0.378. The molecule has 0 bridgehead atoms. The van der Waals surface area contributed by atoms with Gasteiger partial charge < -0.3 is 15.5 Å². The van der Waals surface area contributed by atoms with Crippen molar-refractivity contribution in [3.63, 3.8) is 0 Å². The smallest absolute Gasteiger partial charge is 0.251 e. The van der Waals surface area contributed by atoms with Crippen LogP contribution in [-0.2, 0) is 6.54 Å². The van der Waals surface area contributed by atoms with Gasteiger partial charge in [-0.15, -0.1) is 0 Å². The summed E-state index contributed by atoms with van der Waals surface area (Å²) in [5.41, 5.74) is 11.0. The number of fused-ring (bicyclic) bond motifs is 2. The number of aliphatic imine (C=N–C) groups is 1.